The molecule has 2 aromatic carbocycles. The van der Waals surface area contributed by atoms with E-state index in [1.165, 1.54) is 24.3 Å². The van der Waals surface area contributed by atoms with Gasteiger partial charge >= 0.3 is 5.97 Å². The minimum atomic E-state index is -0.379. The molecule has 30 heavy (non-hydrogen) atoms. The number of ether oxygens (including phenoxy) is 1. The fraction of sp³-hybridized carbons (Fsp3) is 0.261. The number of amides is 1. The number of likely N-dealkylation sites (tertiary alicyclic amines) is 1. The molecule has 0 unspecified atom stereocenters. The van der Waals surface area contributed by atoms with Crippen LogP contribution in [0.4, 0.5) is 4.39 Å². The summed E-state index contributed by atoms with van der Waals surface area (Å²) in [5.41, 5.74) is 2.06. The Balaban J connectivity index is 1.26. The van der Waals surface area contributed by atoms with Gasteiger partial charge in [0.05, 0.1) is 5.92 Å². The Hall–Kier alpha value is -3.48. The van der Waals surface area contributed by atoms with Crippen LogP contribution in [0.1, 0.15) is 29.0 Å². The van der Waals surface area contributed by atoms with Gasteiger partial charge in [-0.25, -0.2) is 4.39 Å². The van der Waals surface area contributed by atoms with Crippen LogP contribution in [0.3, 0.4) is 0 Å². The third kappa shape index (κ3) is 4.56. The Morgan fingerprint density at radius 1 is 1.07 bits per heavy atom. The van der Waals surface area contributed by atoms with E-state index in [-0.39, 0.29) is 30.2 Å². The standard InChI is InChI=1S/C23H21FN2O4/c24-19-8-6-17(7-9-19)22(27)26-12-10-18(11-13-26)23(28)29-15-20-14-21(25-30-20)16-4-2-1-3-5-16/h1-9,14,18H,10-13,15H2. The molecule has 0 N–H and O–H groups in total. The minimum absolute atomic E-state index is 0.0212. The maximum absolute atomic E-state index is 13.0. The van der Waals surface area contributed by atoms with Crippen LogP contribution >= 0.6 is 0 Å². The van der Waals surface area contributed by atoms with Gasteiger partial charge in [-0.15, -0.1) is 0 Å². The Labute approximate surface area is 173 Å². The molecule has 6 nitrogen and oxygen atoms in total. The molecule has 0 saturated carbocycles. The highest BCUT2D eigenvalue weighted by Gasteiger charge is 2.29. The van der Waals surface area contributed by atoms with E-state index in [2.05, 4.69) is 5.16 Å². The summed E-state index contributed by atoms with van der Waals surface area (Å²) in [6, 6.07) is 16.8. The molecular weight excluding hydrogens is 387 g/mol. The van der Waals surface area contributed by atoms with E-state index < -0.39 is 0 Å². The maximum atomic E-state index is 13.0. The van der Waals surface area contributed by atoms with E-state index in [9.17, 15) is 14.0 Å². The lowest BCUT2D eigenvalue weighted by molar-refractivity contribution is -0.152. The Bertz CT molecular complexity index is 1010. The fourth-order valence-corrected chi connectivity index (χ4v) is 3.48. The van der Waals surface area contributed by atoms with E-state index in [4.69, 9.17) is 9.26 Å². The van der Waals surface area contributed by atoms with Crippen molar-refractivity contribution < 1.29 is 23.2 Å². The summed E-state index contributed by atoms with van der Waals surface area (Å²) in [6.45, 7) is 0.931. The SMILES string of the molecule is O=C(OCc1cc(-c2ccccc2)no1)C1CCN(C(=O)c2ccc(F)cc2)CC1. The summed E-state index contributed by atoms with van der Waals surface area (Å²) in [5.74, 6) is -0.626. The molecule has 7 heteroatoms. The van der Waals surface area contributed by atoms with Gasteiger partial charge in [0.15, 0.2) is 12.4 Å². The van der Waals surface area contributed by atoms with Gasteiger partial charge in [-0.2, -0.15) is 0 Å². The first-order chi connectivity index (χ1) is 14.6. The van der Waals surface area contributed by atoms with E-state index in [1.54, 1.807) is 11.0 Å². The van der Waals surface area contributed by atoms with Crippen LogP contribution < -0.4 is 0 Å². The molecule has 0 atom stereocenters. The zero-order valence-electron chi connectivity index (χ0n) is 16.3. The summed E-state index contributed by atoms with van der Waals surface area (Å²) < 4.78 is 23.7. The van der Waals surface area contributed by atoms with Crippen molar-refractivity contribution in [3.63, 3.8) is 0 Å². The number of halogens is 1. The number of carbonyl (C=O) groups excluding carboxylic acids is 2. The molecule has 0 bridgehead atoms. The van der Waals surface area contributed by atoms with Crippen LogP contribution in [-0.2, 0) is 16.1 Å². The molecule has 1 saturated heterocycles. The average Bonchev–Trinajstić information content (AvgIpc) is 3.27. The lowest BCUT2D eigenvalue weighted by Crippen LogP contribution is -2.40. The van der Waals surface area contributed by atoms with Crippen molar-refractivity contribution in [3.8, 4) is 11.3 Å². The quantitative estimate of drug-likeness (QED) is 0.595. The van der Waals surface area contributed by atoms with Crippen LogP contribution in [-0.4, -0.2) is 35.0 Å². The second kappa shape index (κ2) is 8.90. The summed E-state index contributed by atoms with van der Waals surface area (Å²) in [7, 11) is 0. The zero-order valence-corrected chi connectivity index (χ0v) is 16.3. The number of rotatable bonds is 5. The van der Waals surface area contributed by atoms with Crippen molar-refractivity contribution in [3.05, 3.63) is 77.8 Å². The molecule has 1 amide bonds. The van der Waals surface area contributed by atoms with Gasteiger partial charge in [0.1, 0.15) is 11.5 Å². The molecule has 1 fully saturated rings. The zero-order chi connectivity index (χ0) is 20.9. The second-order valence-corrected chi connectivity index (χ2v) is 7.23. The lowest BCUT2D eigenvalue weighted by atomic mass is 9.96. The van der Waals surface area contributed by atoms with E-state index in [1.807, 2.05) is 30.3 Å². The molecule has 0 radical (unpaired) electrons. The fourth-order valence-electron chi connectivity index (χ4n) is 3.48. The van der Waals surface area contributed by atoms with Crippen molar-refractivity contribution in [2.45, 2.75) is 19.4 Å². The number of benzene rings is 2. The molecule has 0 aliphatic carbocycles. The number of hydrogen-bond acceptors (Lipinski definition) is 5. The highest BCUT2D eigenvalue weighted by Crippen LogP contribution is 2.22. The van der Waals surface area contributed by atoms with Gasteiger partial charge in [0.25, 0.3) is 5.91 Å². The molecule has 0 spiro atoms. The molecular formula is C23H21FN2O4. The van der Waals surface area contributed by atoms with Gasteiger partial charge in [-0.05, 0) is 37.1 Å². The molecule has 1 aliphatic heterocycles. The molecule has 1 aromatic heterocycles. The monoisotopic (exact) mass is 408 g/mol. The van der Waals surface area contributed by atoms with Gasteiger partial charge in [0, 0.05) is 30.3 Å². The number of piperidine rings is 1. The average molecular weight is 408 g/mol. The van der Waals surface area contributed by atoms with E-state index in [0.29, 0.717) is 42.9 Å². The first-order valence-corrected chi connectivity index (χ1v) is 9.82. The first kappa shape index (κ1) is 19.8. The highest BCUT2D eigenvalue weighted by molar-refractivity contribution is 5.94. The van der Waals surface area contributed by atoms with Gasteiger partial charge < -0.3 is 14.2 Å². The Morgan fingerprint density at radius 2 is 1.77 bits per heavy atom. The van der Waals surface area contributed by atoms with E-state index >= 15 is 0 Å². The Morgan fingerprint density at radius 3 is 2.47 bits per heavy atom. The van der Waals surface area contributed by atoms with E-state index in [0.717, 1.165) is 5.56 Å². The predicted octanol–water partition coefficient (Wildman–Crippen LogP) is 4.08. The maximum Gasteiger partial charge on any atom is 0.309 e. The number of esters is 1. The molecule has 1 aliphatic rings. The third-order valence-corrected chi connectivity index (χ3v) is 5.19. The molecule has 2 heterocycles. The summed E-state index contributed by atoms with van der Waals surface area (Å²) in [4.78, 5) is 26.6. The van der Waals surface area contributed by atoms with Gasteiger partial charge in [0.2, 0.25) is 0 Å². The topological polar surface area (TPSA) is 72.6 Å². The van der Waals surface area contributed by atoms with Crippen molar-refractivity contribution in [1.82, 2.24) is 10.1 Å². The van der Waals surface area contributed by atoms with Crippen LogP contribution in [0, 0.1) is 11.7 Å². The summed E-state index contributed by atoms with van der Waals surface area (Å²) in [6.07, 6.45) is 1.05. The number of carbonyl (C=O) groups is 2. The van der Waals surface area contributed by atoms with Crippen LogP contribution in [0.2, 0.25) is 0 Å². The van der Waals surface area contributed by atoms with Gasteiger partial charge in [-0.1, -0.05) is 35.5 Å². The highest BCUT2D eigenvalue weighted by atomic mass is 19.1. The number of hydrogen-bond donors (Lipinski definition) is 0. The van der Waals surface area contributed by atoms with Crippen LogP contribution in [0.5, 0.6) is 0 Å². The molecule has 4 rings (SSSR count). The number of nitrogens with zero attached hydrogens (tertiary/aromatic N) is 2. The lowest BCUT2D eigenvalue weighted by Gasteiger charge is -2.31. The summed E-state index contributed by atoms with van der Waals surface area (Å²) in [5, 5.41) is 4.01. The van der Waals surface area contributed by atoms with Gasteiger partial charge in [-0.3, -0.25) is 9.59 Å². The molecule has 154 valence electrons. The van der Waals surface area contributed by atoms with Crippen molar-refractivity contribution in [2.24, 2.45) is 5.92 Å². The largest absolute Gasteiger partial charge is 0.457 e. The van der Waals surface area contributed by atoms with Crippen molar-refractivity contribution in [1.29, 1.82) is 0 Å². The predicted molar refractivity (Wildman–Crippen MR) is 107 cm³/mol. The third-order valence-electron chi connectivity index (χ3n) is 5.19. The van der Waals surface area contributed by atoms with Crippen LogP contribution in [0.15, 0.2) is 65.2 Å². The summed E-state index contributed by atoms with van der Waals surface area (Å²) >= 11 is 0. The number of aromatic nitrogens is 1. The van der Waals surface area contributed by atoms with Crippen molar-refractivity contribution >= 4 is 11.9 Å². The molecule has 3 aromatic rings. The smallest absolute Gasteiger partial charge is 0.309 e. The normalized spacial score (nSPS) is 14.5. The second-order valence-electron chi connectivity index (χ2n) is 7.23. The first-order valence-electron chi connectivity index (χ1n) is 9.82. The van der Waals surface area contributed by atoms with Crippen molar-refractivity contribution in [2.75, 3.05) is 13.1 Å². The minimum Gasteiger partial charge on any atom is -0.457 e. The van der Waals surface area contributed by atoms with Crippen LogP contribution in [0.25, 0.3) is 11.3 Å². The Kier molecular flexibility index (Phi) is 5.88.